The van der Waals surface area contributed by atoms with E-state index < -0.39 is 0 Å². The van der Waals surface area contributed by atoms with Gasteiger partial charge in [-0.3, -0.25) is 9.88 Å². The van der Waals surface area contributed by atoms with Crippen LogP contribution in [0.25, 0.3) is 0 Å². The second-order valence-electron chi connectivity index (χ2n) is 5.25. The first-order valence-corrected chi connectivity index (χ1v) is 7.52. The molecule has 3 nitrogen and oxygen atoms in total. The van der Waals surface area contributed by atoms with Crippen LogP contribution in [0.2, 0.25) is 0 Å². The highest BCUT2D eigenvalue weighted by molar-refractivity contribution is 5.17. The molecule has 0 spiro atoms. The lowest BCUT2D eigenvalue weighted by atomic mass is 10.00. The summed E-state index contributed by atoms with van der Waals surface area (Å²) in [6.45, 7) is 11.6. The number of hydrogen-bond acceptors (Lipinski definition) is 3. The summed E-state index contributed by atoms with van der Waals surface area (Å²) in [6, 6.07) is 4.52. The molecule has 0 radical (unpaired) electrons. The summed E-state index contributed by atoms with van der Waals surface area (Å²) in [5.41, 5.74) is 8.30. The van der Waals surface area contributed by atoms with E-state index in [2.05, 4.69) is 42.8 Å². The molecule has 0 aliphatic heterocycles. The van der Waals surface area contributed by atoms with Crippen molar-refractivity contribution in [2.75, 3.05) is 19.6 Å². The van der Waals surface area contributed by atoms with Gasteiger partial charge in [-0.05, 0) is 31.0 Å². The Balaban J connectivity index is 2.82. The van der Waals surface area contributed by atoms with Crippen LogP contribution in [-0.2, 0) is 0 Å². The number of likely N-dealkylation sites (N-methyl/N-ethyl adjacent to an activating group) is 1. The fourth-order valence-electron chi connectivity index (χ4n) is 2.53. The highest BCUT2D eigenvalue weighted by Gasteiger charge is 2.20. The average Bonchev–Trinajstić information content (AvgIpc) is 2.45. The Labute approximate surface area is 118 Å². The third-order valence-electron chi connectivity index (χ3n) is 4.04. The SMILES string of the molecule is CCC(CC)CN(CC)C(CN)c1ccc(C)nc1. The average molecular weight is 263 g/mol. The van der Waals surface area contributed by atoms with Gasteiger partial charge in [-0.15, -0.1) is 0 Å². The van der Waals surface area contributed by atoms with Gasteiger partial charge < -0.3 is 5.73 Å². The molecule has 1 atom stereocenters. The number of nitrogens with zero attached hydrogens (tertiary/aromatic N) is 2. The molecule has 0 saturated carbocycles. The fourth-order valence-corrected chi connectivity index (χ4v) is 2.53. The number of pyridine rings is 1. The Bertz CT molecular complexity index is 344. The second-order valence-corrected chi connectivity index (χ2v) is 5.25. The lowest BCUT2D eigenvalue weighted by Gasteiger charge is -2.32. The van der Waals surface area contributed by atoms with Crippen LogP contribution in [0.5, 0.6) is 0 Å². The number of nitrogens with two attached hydrogens (primary N) is 1. The Kier molecular flexibility index (Phi) is 7.03. The van der Waals surface area contributed by atoms with E-state index in [1.165, 1.54) is 18.4 Å². The van der Waals surface area contributed by atoms with Crippen molar-refractivity contribution in [1.82, 2.24) is 9.88 Å². The Morgan fingerprint density at radius 1 is 1.21 bits per heavy atom. The zero-order valence-electron chi connectivity index (χ0n) is 12.9. The lowest BCUT2D eigenvalue weighted by Crippen LogP contribution is -2.37. The summed E-state index contributed by atoms with van der Waals surface area (Å²) < 4.78 is 0. The van der Waals surface area contributed by atoms with Gasteiger partial charge >= 0.3 is 0 Å². The molecule has 1 aromatic rings. The maximum atomic E-state index is 6.01. The van der Waals surface area contributed by atoms with Crippen LogP contribution in [0, 0.1) is 12.8 Å². The topological polar surface area (TPSA) is 42.1 Å². The molecule has 19 heavy (non-hydrogen) atoms. The van der Waals surface area contributed by atoms with Crippen molar-refractivity contribution in [2.45, 2.75) is 46.6 Å². The minimum absolute atomic E-state index is 0.290. The molecule has 2 N–H and O–H groups in total. The second kappa shape index (κ2) is 8.28. The third-order valence-corrected chi connectivity index (χ3v) is 4.04. The summed E-state index contributed by atoms with van der Waals surface area (Å²) in [4.78, 5) is 6.89. The summed E-state index contributed by atoms with van der Waals surface area (Å²) in [5.74, 6) is 0.757. The van der Waals surface area contributed by atoms with Crippen molar-refractivity contribution in [3.05, 3.63) is 29.6 Å². The quantitative estimate of drug-likeness (QED) is 0.783. The summed E-state index contributed by atoms with van der Waals surface area (Å²) in [6.07, 6.45) is 4.44. The van der Waals surface area contributed by atoms with Gasteiger partial charge in [-0.2, -0.15) is 0 Å². The van der Waals surface area contributed by atoms with Crippen LogP contribution < -0.4 is 5.73 Å². The molecule has 0 aliphatic rings. The van der Waals surface area contributed by atoms with Crippen molar-refractivity contribution < 1.29 is 0 Å². The zero-order chi connectivity index (χ0) is 14.3. The van der Waals surface area contributed by atoms with Crippen LogP contribution in [0.3, 0.4) is 0 Å². The van der Waals surface area contributed by atoms with E-state index in [0.29, 0.717) is 12.6 Å². The van der Waals surface area contributed by atoms with Crippen LogP contribution in [0.15, 0.2) is 18.3 Å². The van der Waals surface area contributed by atoms with Gasteiger partial charge in [0, 0.05) is 31.0 Å². The van der Waals surface area contributed by atoms with Gasteiger partial charge in [-0.1, -0.05) is 39.7 Å². The molecule has 0 fully saturated rings. The van der Waals surface area contributed by atoms with E-state index in [1.807, 2.05) is 13.1 Å². The number of rotatable bonds is 8. The molecule has 1 heterocycles. The van der Waals surface area contributed by atoms with Crippen LogP contribution in [-0.4, -0.2) is 29.5 Å². The van der Waals surface area contributed by atoms with Crippen LogP contribution in [0.1, 0.15) is 50.9 Å². The first kappa shape index (κ1) is 16.1. The molecule has 0 saturated heterocycles. The molecule has 0 aromatic carbocycles. The van der Waals surface area contributed by atoms with Gasteiger partial charge in [0.1, 0.15) is 0 Å². The zero-order valence-corrected chi connectivity index (χ0v) is 12.9. The predicted octanol–water partition coefficient (Wildman–Crippen LogP) is 3.15. The predicted molar refractivity (Wildman–Crippen MR) is 82.1 cm³/mol. The fraction of sp³-hybridized carbons (Fsp3) is 0.688. The van der Waals surface area contributed by atoms with E-state index in [4.69, 9.17) is 5.73 Å². The largest absolute Gasteiger partial charge is 0.329 e. The van der Waals surface area contributed by atoms with E-state index >= 15 is 0 Å². The monoisotopic (exact) mass is 263 g/mol. The molecule has 108 valence electrons. The van der Waals surface area contributed by atoms with Gasteiger partial charge in [0.2, 0.25) is 0 Å². The molecular weight excluding hydrogens is 234 g/mol. The van der Waals surface area contributed by atoms with Crippen LogP contribution in [0.4, 0.5) is 0 Å². The van der Waals surface area contributed by atoms with Crippen molar-refractivity contribution in [1.29, 1.82) is 0 Å². The van der Waals surface area contributed by atoms with Crippen molar-refractivity contribution in [3.63, 3.8) is 0 Å². The Morgan fingerprint density at radius 2 is 1.89 bits per heavy atom. The maximum Gasteiger partial charge on any atom is 0.0485 e. The molecule has 0 aliphatic carbocycles. The Morgan fingerprint density at radius 3 is 2.32 bits per heavy atom. The lowest BCUT2D eigenvalue weighted by molar-refractivity contribution is 0.174. The number of hydrogen-bond donors (Lipinski definition) is 1. The van der Waals surface area contributed by atoms with E-state index in [1.54, 1.807) is 0 Å². The first-order valence-electron chi connectivity index (χ1n) is 7.52. The third kappa shape index (κ3) is 4.59. The molecule has 1 aromatic heterocycles. The number of aryl methyl sites for hydroxylation is 1. The minimum Gasteiger partial charge on any atom is -0.329 e. The first-order chi connectivity index (χ1) is 9.15. The molecular formula is C16H29N3. The van der Waals surface area contributed by atoms with Crippen molar-refractivity contribution in [2.24, 2.45) is 11.7 Å². The molecule has 3 heteroatoms. The highest BCUT2D eigenvalue weighted by Crippen LogP contribution is 2.22. The van der Waals surface area contributed by atoms with E-state index in [9.17, 15) is 0 Å². The highest BCUT2D eigenvalue weighted by atomic mass is 15.2. The normalized spacial score (nSPS) is 13.2. The summed E-state index contributed by atoms with van der Waals surface area (Å²) >= 11 is 0. The molecule has 1 rings (SSSR count). The summed E-state index contributed by atoms with van der Waals surface area (Å²) in [7, 11) is 0. The van der Waals surface area contributed by atoms with Gasteiger partial charge in [0.25, 0.3) is 0 Å². The standard InChI is InChI=1S/C16H29N3/c1-5-14(6-2)12-19(7-3)16(10-17)15-9-8-13(4)18-11-15/h8-9,11,14,16H,5-7,10,12,17H2,1-4H3. The number of aromatic nitrogens is 1. The van der Waals surface area contributed by atoms with Crippen molar-refractivity contribution >= 4 is 0 Å². The van der Waals surface area contributed by atoms with Gasteiger partial charge in [-0.25, -0.2) is 0 Å². The van der Waals surface area contributed by atoms with Gasteiger partial charge in [0.15, 0.2) is 0 Å². The Hall–Kier alpha value is -0.930. The minimum atomic E-state index is 0.290. The molecule has 0 bridgehead atoms. The van der Waals surface area contributed by atoms with Crippen LogP contribution >= 0.6 is 0 Å². The smallest absolute Gasteiger partial charge is 0.0485 e. The van der Waals surface area contributed by atoms with E-state index in [-0.39, 0.29) is 0 Å². The summed E-state index contributed by atoms with van der Waals surface area (Å²) in [5, 5.41) is 0. The maximum absolute atomic E-state index is 6.01. The van der Waals surface area contributed by atoms with Crippen molar-refractivity contribution in [3.8, 4) is 0 Å². The molecule has 0 amide bonds. The molecule has 1 unspecified atom stereocenters. The van der Waals surface area contributed by atoms with Gasteiger partial charge in [0.05, 0.1) is 0 Å². The van der Waals surface area contributed by atoms with E-state index in [0.717, 1.165) is 24.7 Å².